The van der Waals surface area contributed by atoms with E-state index in [-0.39, 0.29) is 5.57 Å². The summed E-state index contributed by atoms with van der Waals surface area (Å²) in [5.74, 6) is -2.67. The quantitative estimate of drug-likeness (QED) is 0.315. The molecule has 0 saturated carbocycles. The molecule has 0 aliphatic rings. The van der Waals surface area contributed by atoms with Gasteiger partial charge in [-0.1, -0.05) is 6.58 Å². The Hall–Kier alpha value is -1.62. The molecule has 1 unspecified atom stereocenters. The fraction of sp³-hybridized carbons (Fsp3) is 0.400. The molecule has 15 heavy (non-hydrogen) atoms. The maximum atomic E-state index is 11.1. The van der Waals surface area contributed by atoms with Crippen molar-refractivity contribution in [3.8, 4) is 0 Å². The van der Waals surface area contributed by atoms with Crippen LogP contribution in [0.5, 0.6) is 0 Å². The number of carbonyl (C=O) groups excluding carboxylic acids is 2. The summed E-state index contributed by atoms with van der Waals surface area (Å²) in [6.07, 6.45) is -1.83. The highest BCUT2D eigenvalue weighted by Crippen LogP contribution is 2.07. The Morgan fingerprint density at radius 2 is 1.73 bits per heavy atom. The minimum atomic E-state index is -1.83. The first-order valence-corrected chi connectivity index (χ1v) is 4.23. The molecule has 0 bridgehead atoms. The molecule has 0 heterocycles. The van der Waals surface area contributed by atoms with Gasteiger partial charge in [0, 0.05) is 5.57 Å². The van der Waals surface area contributed by atoms with Crippen LogP contribution in [-0.4, -0.2) is 28.3 Å². The number of hydrogen-bond donors (Lipinski definition) is 2. The van der Waals surface area contributed by atoms with Gasteiger partial charge in [0.15, 0.2) is 0 Å². The summed E-state index contributed by atoms with van der Waals surface area (Å²) in [6.45, 7) is 7.64. The van der Waals surface area contributed by atoms with Crippen LogP contribution in [0.1, 0.15) is 20.8 Å². The molecule has 0 aliphatic carbocycles. The van der Waals surface area contributed by atoms with Crippen molar-refractivity contribution in [3.63, 3.8) is 0 Å². The van der Waals surface area contributed by atoms with Crippen molar-refractivity contribution < 1.29 is 24.5 Å². The second-order valence-electron chi connectivity index (χ2n) is 3.28. The third-order valence-corrected chi connectivity index (χ3v) is 1.54. The highest BCUT2D eigenvalue weighted by molar-refractivity contribution is 5.97. The smallest absolute Gasteiger partial charge is 0.350 e. The van der Waals surface area contributed by atoms with E-state index in [4.69, 9.17) is 0 Å². The summed E-state index contributed by atoms with van der Waals surface area (Å²) >= 11 is 0. The summed E-state index contributed by atoms with van der Waals surface area (Å²) in [7, 11) is 0. The molecule has 2 N–H and O–H groups in total. The molecule has 0 aliphatic heterocycles. The number of aliphatic hydroxyl groups excluding tert-OH is 2. The van der Waals surface area contributed by atoms with Crippen molar-refractivity contribution >= 4 is 11.9 Å². The van der Waals surface area contributed by atoms with Crippen LogP contribution in [0.3, 0.4) is 0 Å². The molecule has 0 spiro atoms. The number of carbonyl (C=O) groups is 2. The lowest BCUT2D eigenvalue weighted by Gasteiger charge is -2.09. The monoisotopic (exact) mass is 214 g/mol. The second kappa shape index (κ2) is 5.31. The zero-order valence-corrected chi connectivity index (χ0v) is 8.90. The molecule has 0 aromatic carbocycles. The zero-order chi connectivity index (χ0) is 12.2. The van der Waals surface area contributed by atoms with Gasteiger partial charge >= 0.3 is 11.9 Å². The molecule has 0 saturated heterocycles. The van der Waals surface area contributed by atoms with E-state index in [9.17, 15) is 19.8 Å². The Morgan fingerprint density at radius 3 is 2.07 bits per heavy atom. The Bertz CT molecular complexity index is 323. The molecular weight excluding hydrogens is 200 g/mol. The Labute approximate surface area is 87.7 Å². The van der Waals surface area contributed by atoms with Crippen LogP contribution >= 0.6 is 0 Å². The fourth-order valence-electron chi connectivity index (χ4n) is 0.619. The van der Waals surface area contributed by atoms with Gasteiger partial charge in [0.1, 0.15) is 5.76 Å². The molecule has 5 nitrogen and oxygen atoms in total. The van der Waals surface area contributed by atoms with E-state index >= 15 is 0 Å². The predicted molar refractivity (Wildman–Crippen MR) is 52.9 cm³/mol. The van der Waals surface area contributed by atoms with Crippen LogP contribution < -0.4 is 0 Å². The van der Waals surface area contributed by atoms with E-state index in [0.717, 1.165) is 0 Å². The Balaban J connectivity index is 4.55. The van der Waals surface area contributed by atoms with Gasteiger partial charge < -0.3 is 14.9 Å². The topological polar surface area (TPSA) is 83.8 Å². The lowest BCUT2D eigenvalue weighted by atomic mass is 10.2. The maximum absolute atomic E-state index is 11.1. The highest BCUT2D eigenvalue weighted by Gasteiger charge is 2.24. The van der Waals surface area contributed by atoms with Crippen LogP contribution in [0.2, 0.25) is 0 Å². The minimum Gasteiger partial charge on any atom is -0.509 e. The standard InChI is InChI=1S/C10H14O5/c1-5(2)7(11)8(12)10(14)15-9(13)6(3)4/h8,11-12H,3H2,1-2,4H3. The summed E-state index contributed by atoms with van der Waals surface area (Å²) in [5.41, 5.74) is 0.398. The first kappa shape index (κ1) is 13.4. The summed E-state index contributed by atoms with van der Waals surface area (Å²) in [6, 6.07) is 0. The minimum absolute atomic E-state index is 0.0345. The van der Waals surface area contributed by atoms with Crippen molar-refractivity contribution in [3.05, 3.63) is 23.5 Å². The first-order chi connectivity index (χ1) is 6.77. The van der Waals surface area contributed by atoms with Gasteiger partial charge in [-0.3, -0.25) is 0 Å². The van der Waals surface area contributed by atoms with Crippen molar-refractivity contribution in [2.45, 2.75) is 26.9 Å². The van der Waals surface area contributed by atoms with Crippen molar-refractivity contribution in [1.82, 2.24) is 0 Å². The van der Waals surface area contributed by atoms with Crippen LogP contribution in [0.4, 0.5) is 0 Å². The molecule has 0 radical (unpaired) electrons. The van der Waals surface area contributed by atoms with Gasteiger partial charge in [-0.2, -0.15) is 0 Å². The second-order valence-corrected chi connectivity index (χ2v) is 3.28. The summed E-state index contributed by atoms with van der Waals surface area (Å²) < 4.78 is 4.22. The lowest BCUT2D eigenvalue weighted by Crippen LogP contribution is -2.28. The molecule has 0 fully saturated rings. The van der Waals surface area contributed by atoms with E-state index in [1.165, 1.54) is 20.8 Å². The van der Waals surface area contributed by atoms with E-state index < -0.39 is 23.8 Å². The van der Waals surface area contributed by atoms with E-state index in [2.05, 4.69) is 11.3 Å². The fourth-order valence-corrected chi connectivity index (χ4v) is 0.619. The van der Waals surface area contributed by atoms with Gasteiger partial charge in [0.25, 0.3) is 0 Å². The van der Waals surface area contributed by atoms with E-state index in [1.54, 1.807) is 0 Å². The molecule has 5 heteroatoms. The molecule has 1 atom stereocenters. The van der Waals surface area contributed by atoms with Crippen LogP contribution in [0.15, 0.2) is 23.5 Å². The third-order valence-electron chi connectivity index (χ3n) is 1.54. The van der Waals surface area contributed by atoms with E-state index in [0.29, 0.717) is 5.57 Å². The number of ether oxygens (including phenoxy) is 1. The SMILES string of the molecule is C=C(C)C(=O)OC(=O)C(O)C(O)=C(C)C. The Kier molecular flexibility index (Phi) is 4.73. The summed E-state index contributed by atoms with van der Waals surface area (Å²) in [5, 5.41) is 18.4. The van der Waals surface area contributed by atoms with E-state index in [1.807, 2.05) is 0 Å². The average Bonchev–Trinajstić information content (AvgIpc) is 2.14. The zero-order valence-electron chi connectivity index (χ0n) is 8.90. The van der Waals surface area contributed by atoms with Crippen LogP contribution in [0.25, 0.3) is 0 Å². The highest BCUT2D eigenvalue weighted by atomic mass is 16.6. The molecule has 0 amide bonds. The molecule has 0 aromatic rings. The van der Waals surface area contributed by atoms with Gasteiger partial charge in [-0.15, -0.1) is 0 Å². The summed E-state index contributed by atoms with van der Waals surface area (Å²) in [4.78, 5) is 22.0. The number of aliphatic hydroxyl groups is 2. The van der Waals surface area contributed by atoms with Gasteiger partial charge in [-0.05, 0) is 26.3 Å². The number of hydrogen-bond acceptors (Lipinski definition) is 5. The molecule has 0 aromatic heterocycles. The molecular formula is C10H14O5. The predicted octanol–water partition coefficient (Wildman–Crippen LogP) is 0.845. The average molecular weight is 214 g/mol. The molecule has 84 valence electrons. The lowest BCUT2D eigenvalue weighted by molar-refractivity contribution is -0.163. The number of rotatable bonds is 3. The van der Waals surface area contributed by atoms with Crippen molar-refractivity contribution in [1.29, 1.82) is 0 Å². The van der Waals surface area contributed by atoms with Crippen molar-refractivity contribution in [2.24, 2.45) is 0 Å². The normalized spacial score (nSPS) is 11.5. The van der Waals surface area contributed by atoms with Crippen molar-refractivity contribution in [2.75, 3.05) is 0 Å². The third kappa shape index (κ3) is 3.95. The maximum Gasteiger partial charge on any atom is 0.350 e. The Morgan fingerprint density at radius 1 is 1.27 bits per heavy atom. The first-order valence-electron chi connectivity index (χ1n) is 4.23. The van der Waals surface area contributed by atoms with Crippen LogP contribution in [-0.2, 0) is 14.3 Å². The van der Waals surface area contributed by atoms with Crippen LogP contribution in [0, 0.1) is 0 Å². The van der Waals surface area contributed by atoms with Gasteiger partial charge in [-0.25, -0.2) is 9.59 Å². The molecule has 0 rings (SSSR count). The van der Waals surface area contributed by atoms with Gasteiger partial charge in [0.2, 0.25) is 6.10 Å². The number of esters is 2. The van der Waals surface area contributed by atoms with Gasteiger partial charge in [0.05, 0.1) is 0 Å². The largest absolute Gasteiger partial charge is 0.509 e. The number of allylic oxidation sites excluding steroid dienone is 1.